The lowest BCUT2D eigenvalue weighted by molar-refractivity contribution is -0.123. The lowest BCUT2D eigenvalue weighted by Gasteiger charge is -2.07. The van der Waals surface area contributed by atoms with Gasteiger partial charge in [-0.3, -0.25) is 4.79 Å². The first kappa shape index (κ1) is 12.3. The van der Waals surface area contributed by atoms with Crippen molar-refractivity contribution < 1.29 is 22.7 Å². The Hall–Kier alpha value is -1.79. The van der Waals surface area contributed by atoms with Crippen LogP contribution < -0.4 is 10.1 Å². The summed E-state index contributed by atoms with van der Waals surface area (Å²) in [4.78, 5) is 14.8. The number of amides is 1. The molecule has 16 heavy (non-hydrogen) atoms. The van der Waals surface area contributed by atoms with Gasteiger partial charge in [0, 0.05) is 0 Å². The van der Waals surface area contributed by atoms with Crippen LogP contribution in [0.15, 0.2) is 18.3 Å². The molecule has 1 amide bonds. The summed E-state index contributed by atoms with van der Waals surface area (Å²) >= 11 is 0. The van der Waals surface area contributed by atoms with Gasteiger partial charge in [-0.2, -0.15) is 13.2 Å². The van der Waals surface area contributed by atoms with E-state index >= 15 is 0 Å². The smallest absolute Gasteiger partial charge is 0.405 e. The van der Waals surface area contributed by atoms with Crippen molar-refractivity contribution in [3.05, 3.63) is 24.0 Å². The number of rotatable bonds is 3. The zero-order valence-electron chi connectivity index (χ0n) is 8.34. The summed E-state index contributed by atoms with van der Waals surface area (Å²) in [6, 6.07) is 2.72. The molecule has 0 spiro atoms. The molecule has 1 heterocycles. The van der Waals surface area contributed by atoms with Crippen LogP contribution in [0.5, 0.6) is 5.75 Å². The Balaban J connectivity index is 2.59. The number of hydrogen-bond donors (Lipinski definition) is 1. The van der Waals surface area contributed by atoms with Crippen LogP contribution in [-0.4, -0.2) is 30.7 Å². The Kier molecular flexibility index (Phi) is 3.70. The molecule has 0 aliphatic rings. The Bertz CT molecular complexity index is 362. The van der Waals surface area contributed by atoms with Crippen LogP contribution in [-0.2, 0) is 0 Å². The maximum Gasteiger partial charge on any atom is 0.405 e. The number of pyridine rings is 1. The number of carbonyl (C=O) groups excluding carboxylic acids is 1. The van der Waals surface area contributed by atoms with Crippen molar-refractivity contribution in [2.75, 3.05) is 13.7 Å². The summed E-state index contributed by atoms with van der Waals surface area (Å²) in [5.74, 6) is -0.452. The third-order valence-corrected chi connectivity index (χ3v) is 1.65. The van der Waals surface area contributed by atoms with Gasteiger partial charge in [0.15, 0.2) is 0 Å². The van der Waals surface area contributed by atoms with Crippen molar-refractivity contribution >= 4 is 5.91 Å². The zero-order valence-corrected chi connectivity index (χ0v) is 8.34. The molecule has 1 rings (SSSR count). The molecule has 0 bridgehead atoms. The number of hydrogen-bond acceptors (Lipinski definition) is 3. The number of nitrogens with one attached hydrogen (secondary N) is 1. The lowest BCUT2D eigenvalue weighted by atomic mass is 10.3. The topological polar surface area (TPSA) is 51.2 Å². The van der Waals surface area contributed by atoms with E-state index < -0.39 is 18.6 Å². The first-order valence-corrected chi connectivity index (χ1v) is 4.27. The van der Waals surface area contributed by atoms with Crippen LogP contribution in [0, 0.1) is 0 Å². The van der Waals surface area contributed by atoms with Gasteiger partial charge in [0.05, 0.1) is 13.3 Å². The van der Waals surface area contributed by atoms with E-state index in [0.29, 0.717) is 5.75 Å². The van der Waals surface area contributed by atoms with Gasteiger partial charge in [-0.1, -0.05) is 0 Å². The summed E-state index contributed by atoms with van der Waals surface area (Å²) in [5, 5.41) is 1.71. The molecule has 0 saturated carbocycles. The minimum absolute atomic E-state index is 0.0925. The number of methoxy groups -OCH3 is 1. The molecule has 0 aromatic carbocycles. The molecule has 4 nitrogen and oxygen atoms in total. The molecule has 0 unspecified atom stereocenters. The fourth-order valence-electron chi connectivity index (χ4n) is 0.906. The van der Waals surface area contributed by atoms with Gasteiger partial charge < -0.3 is 10.1 Å². The van der Waals surface area contributed by atoms with E-state index in [1.54, 1.807) is 5.32 Å². The second kappa shape index (κ2) is 4.82. The minimum Gasteiger partial charge on any atom is -0.495 e. The molecule has 7 heteroatoms. The van der Waals surface area contributed by atoms with E-state index in [9.17, 15) is 18.0 Å². The molecule has 88 valence electrons. The van der Waals surface area contributed by atoms with E-state index in [1.807, 2.05) is 0 Å². The molecule has 0 fully saturated rings. The van der Waals surface area contributed by atoms with Crippen LogP contribution in [0.25, 0.3) is 0 Å². The third-order valence-electron chi connectivity index (χ3n) is 1.65. The summed E-state index contributed by atoms with van der Waals surface area (Å²) in [6.45, 7) is -1.38. The molecular formula is C9H9F3N2O2. The molecule has 1 aromatic heterocycles. The Morgan fingerprint density at radius 2 is 2.19 bits per heavy atom. The number of ether oxygens (including phenoxy) is 1. The molecule has 0 atom stereocenters. The van der Waals surface area contributed by atoms with Crippen LogP contribution in [0.3, 0.4) is 0 Å². The predicted molar refractivity (Wildman–Crippen MR) is 49.2 cm³/mol. The van der Waals surface area contributed by atoms with Gasteiger partial charge in [-0.05, 0) is 12.1 Å². The highest BCUT2D eigenvalue weighted by atomic mass is 19.4. The SMILES string of the molecule is COc1ccc(C(=O)NCC(F)(F)F)nc1. The van der Waals surface area contributed by atoms with E-state index in [0.717, 1.165) is 0 Å². The summed E-state index contributed by atoms with van der Waals surface area (Å²) in [6.07, 6.45) is -3.18. The van der Waals surface area contributed by atoms with Gasteiger partial charge in [0.1, 0.15) is 18.0 Å². The number of nitrogens with zero attached hydrogens (tertiary/aromatic N) is 1. The fourth-order valence-corrected chi connectivity index (χ4v) is 0.906. The second-order valence-electron chi connectivity index (χ2n) is 2.88. The molecular weight excluding hydrogens is 225 g/mol. The lowest BCUT2D eigenvalue weighted by Crippen LogP contribution is -2.34. The fraction of sp³-hybridized carbons (Fsp3) is 0.333. The number of halogens is 3. The first-order valence-electron chi connectivity index (χ1n) is 4.27. The number of carbonyl (C=O) groups is 1. The standard InChI is InChI=1S/C9H9F3N2O2/c1-16-6-2-3-7(13-4-6)8(15)14-5-9(10,11)12/h2-4H,5H2,1H3,(H,14,15). The van der Waals surface area contributed by atoms with Crippen molar-refractivity contribution in [1.29, 1.82) is 0 Å². The molecule has 1 aromatic rings. The highest BCUT2D eigenvalue weighted by Gasteiger charge is 2.28. The largest absolute Gasteiger partial charge is 0.495 e. The van der Waals surface area contributed by atoms with Crippen molar-refractivity contribution in [1.82, 2.24) is 10.3 Å². The van der Waals surface area contributed by atoms with Crippen molar-refractivity contribution in [2.24, 2.45) is 0 Å². The maximum absolute atomic E-state index is 11.8. The monoisotopic (exact) mass is 234 g/mol. The van der Waals surface area contributed by atoms with Crippen LogP contribution in [0.2, 0.25) is 0 Å². The maximum atomic E-state index is 11.8. The summed E-state index contributed by atoms with van der Waals surface area (Å²) in [7, 11) is 1.42. The Morgan fingerprint density at radius 1 is 1.50 bits per heavy atom. The van der Waals surface area contributed by atoms with Crippen LogP contribution >= 0.6 is 0 Å². The number of aromatic nitrogens is 1. The quantitative estimate of drug-likeness (QED) is 0.859. The molecule has 0 aliphatic heterocycles. The van der Waals surface area contributed by atoms with Crippen molar-refractivity contribution in [2.45, 2.75) is 6.18 Å². The third kappa shape index (κ3) is 3.76. The highest BCUT2D eigenvalue weighted by Crippen LogP contribution is 2.13. The van der Waals surface area contributed by atoms with Crippen molar-refractivity contribution in [3.8, 4) is 5.75 Å². The van der Waals surface area contributed by atoms with E-state index in [2.05, 4.69) is 4.98 Å². The van der Waals surface area contributed by atoms with Crippen molar-refractivity contribution in [3.63, 3.8) is 0 Å². The predicted octanol–water partition coefficient (Wildman–Crippen LogP) is 1.38. The molecule has 0 radical (unpaired) electrons. The normalized spacial score (nSPS) is 11.0. The van der Waals surface area contributed by atoms with Crippen LogP contribution in [0.4, 0.5) is 13.2 Å². The van der Waals surface area contributed by atoms with Gasteiger partial charge in [-0.15, -0.1) is 0 Å². The van der Waals surface area contributed by atoms with E-state index in [-0.39, 0.29) is 5.69 Å². The average Bonchev–Trinajstić information content (AvgIpc) is 2.25. The zero-order chi connectivity index (χ0) is 12.2. The first-order chi connectivity index (χ1) is 7.42. The van der Waals surface area contributed by atoms with Gasteiger partial charge in [-0.25, -0.2) is 4.98 Å². The summed E-state index contributed by atoms with van der Waals surface area (Å²) in [5.41, 5.74) is -0.0925. The average molecular weight is 234 g/mol. The van der Waals surface area contributed by atoms with Gasteiger partial charge in [0.2, 0.25) is 0 Å². The Labute approximate surface area is 89.4 Å². The molecule has 1 N–H and O–H groups in total. The second-order valence-corrected chi connectivity index (χ2v) is 2.88. The highest BCUT2D eigenvalue weighted by molar-refractivity contribution is 5.92. The number of alkyl halides is 3. The molecule has 0 aliphatic carbocycles. The van der Waals surface area contributed by atoms with Gasteiger partial charge in [0.25, 0.3) is 5.91 Å². The van der Waals surface area contributed by atoms with E-state index in [4.69, 9.17) is 4.74 Å². The Morgan fingerprint density at radius 3 is 2.62 bits per heavy atom. The van der Waals surface area contributed by atoms with Gasteiger partial charge >= 0.3 is 6.18 Å². The van der Waals surface area contributed by atoms with Crippen LogP contribution in [0.1, 0.15) is 10.5 Å². The summed E-state index contributed by atoms with van der Waals surface area (Å²) < 4.78 is 40.2. The minimum atomic E-state index is -4.43. The van der Waals surface area contributed by atoms with E-state index in [1.165, 1.54) is 25.4 Å². The molecule has 0 saturated heterocycles.